The van der Waals surface area contributed by atoms with Gasteiger partial charge >= 0.3 is 0 Å². The fourth-order valence-electron chi connectivity index (χ4n) is 3.18. The zero-order valence-electron chi connectivity index (χ0n) is 13.9. The van der Waals surface area contributed by atoms with E-state index in [-0.39, 0.29) is 0 Å². The summed E-state index contributed by atoms with van der Waals surface area (Å²) >= 11 is 0. The van der Waals surface area contributed by atoms with Gasteiger partial charge in [-0.05, 0) is 25.9 Å². The molecular weight excluding hydrogens is 260 g/mol. The van der Waals surface area contributed by atoms with Crippen molar-refractivity contribution in [1.82, 2.24) is 14.7 Å². The van der Waals surface area contributed by atoms with Crippen molar-refractivity contribution in [1.29, 1.82) is 0 Å². The van der Waals surface area contributed by atoms with Crippen LogP contribution in [0, 0.1) is 0 Å². The highest BCUT2D eigenvalue weighted by Gasteiger charge is 2.12. The highest BCUT2D eigenvalue weighted by Crippen LogP contribution is 2.20. The predicted molar refractivity (Wildman–Crippen MR) is 89.7 cm³/mol. The third-order valence-electron chi connectivity index (χ3n) is 4.65. The van der Waals surface area contributed by atoms with E-state index in [2.05, 4.69) is 40.0 Å². The van der Waals surface area contributed by atoms with Crippen LogP contribution in [0.25, 0.3) is 0 Å². The van der Waals surface area contributed by atoms with E-state index < -0.39 is 0 Å². The van der Waals surface area contributed by atoms with Gasteiger partial charge in [0.1, 0.15) is 0 Å². The summed E-state index contributed by atoms with van der Waals surface area (Å²) in [7, 11) is 0. The van der Waals surface area contributed by atoms with Gasteiger partial charge in [-0.15, -0.1) is 0 Å². The van der Waals surface area contributed by atoms with Gasteiger partial charge in [0.15, 0.2) is 0 Å². The van der Waals surface area contributed by atoms with Crippen molar-refractivity contribution in [2.24, 2.45) is 0 Å². The van der Waals surface area contributed by atoms with E-state index in [0.29, 0.717) is 6.04 Å². The Morgan fingerprint density at radius 2 is 1.81 bits per heavy atom. The van der Waals surface area contributed by atoms with Gasteiger partial charge in [-0.1, -0.05) is 46.0 Å². The molecule has 120 valence electrons. The lowest BCUT2D eigenvalue weighted by atomic mass is 9.97. The molecular formula is C17H32N4. The number of hydrogen-bond acceptors (Lipinski definition) is 3. The number of rotatable bonds is 7. The van der Waals surface area contributed by atoms with Crippen LogP contribution in [-0.4, -0.2) is 40.4 Å². The minimum atomic E-state index is 0.644. The van der Waals surface area contributed by atoms with Crippen molar-refractivity contribution in [3.63, 3.8) is 0 Å². The second kappa shape index (κ2) is 9.08. The Hall–Kier alpha value is -1.03. The lowest BCUT2D eigenvalue weighted by Gasteiger charge is -2.21. The van der Waals surface area contributed by atoms with Gasteiger partial charge in [-0.2, -0.15) is 5.10 Å². The molecule has 1 aromatic heterocycles. The molecule has 0 bridgehead atoms. The molecule has 1 aliphatic rings. The third-order valence-corrected chi connectivity index (χ3v) is 4.65. The molecule has 4 heteroatoms. The second-order valence-corrected chi connectivity index (χ2v) is 6.21. The molecule has 0 saturated heterocycles. The molecule has 1 aromatic rings. The van der Waals surface area contributed by atoms with Gasteiger partial charge in [-0.25, -0.2) is 0 Å². The fraction of sp³-hybridized carbons (Fsp3) is 0.824. The quantitative estimate of drug-likeness (QED) is 0.831. The van der Waals surface area contributed by atoms with Crippen LogP contribution in [-0.2, 0) is 6.54 Å². The van der Waals surface area contributed by atoms with Gasteiger partial charge in [0.2, 0.25) is 0 Å². The number of anilines is 1. The molecule has 4 nitrogen and oxygen atoms in total. The molecule has 2 rings (SSSR count). The van der Waals surface area contributed by atoms with Crippen molar-refractivity contribution in [2.45, 2.75) is 71.4 Å². The van der Waals surface area contributed by atoms with Crippen LogP contribution in [0.5, 0.6) is 0 Å². The zero-order chi connectivity index (χ0) is 14.9. The molecule has 0 unspecified atom stereocenters. The van der Waals surface area contributed by atoms with E-state index >= 15 is 0 Å². The van der Waals surface area contributed by atoms with E-state index in [1.165, 1.54) is 50.6 Å². The van der Waals surface area contributed by atoms with Crippen molar-refractivity contribution in [3.05, 3.63) is 12.4 Å². The zero-order valence-corrected chi connectivity index (χ0v) is 13.9. The molecule has 1 aliphatic carbocycles. The number of aromatic nitrogens is 2. The maximum Gasteiger partial charge on any atom is 0.0728 e. The summed E-state index contributed by atoms with van der Waals surface area (Å²) in [6.45, 7) is 8.73. The number of likely N-dealkylation sites (N-methyl/N-ethyl adjacent to an activating group) is 1. The Bertz CT molecular complexity index is 376. The van der Waals surface area contributed by atoms with Crippen LogP contribution in [0.1, 0.15) is 58.8 Å². The maximum absolute atomic E-state index is 4.49. The van der Waals surface area contributed by atoms with Crippen LogP contribution in [0.3, 0.4) is 0 Å². The summed E-state index contributed by atoms with van der Waals surface area (Å²) in [5.74, 6) is 0. The highest BCUT2D eigenvalue weighted by atomic mass is 15.3. The van der Waals surface area contributed by atoms with E-state index in [1.54, 1.807) is 0 Å². The van der Waals surface area contributed by atoms with Crippen molar-refractivity contribution >= 4 is 5.69 Å². The van der Waals surface area contributed by atoms with Crippen molar-refractivity contribution in [2.75, 3.05) is 25.0 Å². The van der Waals surface area contributed by atoms with Gasteiger partial charge in [-0.3, -0.25) is 4.68 Å². The predicted octanol–water partition coefficient (Wildman–Crippen LogP) is 3.75. The molecule has 0 radical (unpaired) electrons. The highest BCUT2D eigenvalue weighted by molar-refractivity contribution is 5.39. The Balaban J connectivity index is 1.78. The van der Waals surface area contributed by atoms with Gasteiger partial charge in [0.25, 0.3) is 0 Å². The molecule has 1 saturated carbocycles. The first-order valence-electron chi connectivity index (χ1n) is 8.83. The summed E-state index contributed by atoms with van der Waals surface area (Å²) in [6.07, 6.45) is 13.7. The van der Waals surface area contributed by atoms with Crippen LogP contribution >= 0.6 is 0 Å². The van der Waals surface area contributed by atoms with Crippen LogP contribution < -0.4 is 5.32 Å². The van der Waals surface area contributed by atoms with Gasteiger partial charge < -0.3 is 10.2 Å². The average Bonchev–Trinajstić information content (AvgIpc) is 2.90. The van der Waals surface area contributed by atoms with Crippen molar-refractivity contribution in [3.8, 4) is 0 Å². The lowest BCUT2D eigenvalue weighted by molar-refractivity contribution is 0.285. The third kappa shape index (κ3) is 5.70. The first-order valence-corrected chi connectivity index (χ1v) is 8.83. The van der Waals surface area contributed by atoms with E-state index in [4.69, 9.17) is 0 Å². The molecule has 1 heterocycles. The normalized spacial score (nSPS) is 17.7. The van der Waals surface area contributed by atoms with Gasteiger partial charge in [0, 0.05) is 18.8 Å². The van der Waals surface area contributed by atoms with Gasteiger partial charge in [0.05, 0.1) is 18.4 Å². The van der Waals surface area contributed by atoms with E-state index in [9.17, 15) is 0 Å². The first-order chi connectivity index (χ1) is 10.3. The minimum Gasteiger partial charge on any atom is -0.380 e. The topological polar surface area (TPSA) is 33.1 Å². The molecule has 0 atom stereocenters. The van der Waals surface area contributed by atoms with Crippen LogP contribution in [0.2, 0.25) is 0 Å². The summed E-state index contributed by atoms with van der Waals surface area (Å²) in [4.78, 5) is 2.43. The largest absolute Gasteiger partial charge is 0.380 e. The van der Waals surface area contributed by atoms with Crippen LogP contribution in [0.15, 0.2) is 12.4 Å². The minimum absolute atomic E-state index is 0.644. The Morgan fingerprint density at radius 3 is 2.48 bits per heavy atom. The maximum atomic E-state index is 4.49. The number of hydrogen-bond donors (Lipinski definition) is 1. The average molecular weight is 292 g/mol. The Kier molecular flexibility index (Phi) is 7.07. The molecule has 0 spiro atoms. The SMILES string of the molecule is CCN(CC)CCn1cc(NC2CCCCCCC2)cn1. The summed E-state index contributed by atoms with van der Waals surface area (Å²) in [5.41, 5.74) is 1.19. The summed E-state index contributed by atoms with van der Waals surface area (Å²) < 4.78 is 2.07. The first kappa shape index (κ1) is 16.3. The molecule has 0 aliphatic heterocycles. The van der Waals surface area contributed by atoms with Crippen LogP contribution in [0.4, 0.5) is 5.69 Å². The molecule has 0 aromatic carbocycles. The summed E-state index contributed by atoms with van der Waals surface area (Å²) in [6, 6.07) is 0.644. The smallest absolute Gasteiger partial charge is 0.0728 e. The molecule has 0 amide bonds. The van der Waals surface area contributed by atoms with Crippen molar-refractivity contribution < 1.29 is 0 Å². The second-order valence-electron chi connectivity index (χ2n) is 6.21. The molecule has 21 heavy (non-hydrogen) atoms. The molecule has 1 fully saturated rings. The number of nitrogens with zero attached hydrogens (tertiary/aromatic N) is 3. The molecule has 1 N–H and O–H groups in total. The Morgan fingerprint density at radius 1 is 1.14 bits per heavy atom. The monoisotopic (exact) mass is 292 g/mol. The lowest BCUT2D eigenvalue weighted by Crippen LogP contribution is -2.27. The Labute approximate surface area is 129 Å². The number of nitrogens with one attached hydrogen (secondary N) is 1. The van der Waals surface area contributed by atoms with E-state index in [1.807, 2.05) is 6.20 Å². The van der Waals surface area contributed by atoms with E-state index in [0.717, 1.165) is 26.2 Å². The summed E-state index contributed by atoms with van der Waals surface area (Å²) in [5, 5.41) is 8.18. The fourth-order valence-corrected chi connectivity index (χ4v) is 3.18. The standard InChI is InChI=1S/C17H32N4/c1-3-20(4-2)12-13-21-15-17(14-18-21)19-16-10-8-6-5-7-9-11-16/h14-16,19H,3-13H2,1-2H3.